The van der Waals surface area contributed by atoms with Crippen LogP contribution in [0.5, 0.6) is 0 Å². The van der Waals surface area contributed by atoms with Crippen molar-refractivity contribution >= 4 is 16.1 Å². The summed E-state index contributed by atoms with van der Waals surface area (Å²) in [6.45, 7) is 8.51. The van der Waals surface area contributed by atoms with Gasteiger partial charge in [-0.2, -0.15) is 0 Å². The molecule has 2 aliphatic heterocycles. The molecule has 3 aliphatic rings. The van der Waals surface area contributed by atoms with Crippen LogP contribution in [0.1, 0.15) is 52.4 Å². The highest BCUT2D eigenvalue weighted by Crippen LogP contribution is 2.49. The number of sulfonamides is 1. The average Bonchev–Trinajstić information content (AvgIpc) is 3.51. The van der Waals surface area contributed by atoms with Gasteiger partial charge < -0.3 is 14.4 Å². The van der Waals surface area contributed by atoms with Crippen LogP contribution in [0.4, 0.5) is 4.79 Å². The quantitative estimate of drug-likeness (QED) is 0.526. The summed E-state index contributed by atoms with van der Waals surface area (Å²) in [6.07, 6.45) is 6.28. The molecule has 0 N–H and O–H groups in total. The molecule has 29 heavy (non-hydrogen) atoms. The number of hydrogen-bond donors (Lipinski definition) is 0. The minimum atomic E-state index is -3.04. The first-order chi connectivity index (χ1) is 13.9. The Balaban J connectivity index is 1.24. The number of hydrogen-bond acceptors (Lipinski definition) is 5. The van der Waals surface area contributed by atoms with Crippen molar-refractivity contribution in [1.82, 2.24) is 9.21 Å². The van der Waals surface area contributed by atoms with Gasteiger partial charge >= 0.3 is 6.09 Å². The summed E-state index contributed by atoms with van der Waals surface area (Å²) < 4.78 is 36.5. The zero-order valence-corrected chi connectivity index (χ0v) is 18.9. The average molecular weight is 431 g/mol. The first kappa shape index (κ1) is 22.8. The highest BCUT2D eigenvalue weighted by atomic mass is 32.2. The van der Waals surface area contributed by atoms with Gasteiger partial charge in [0.25, 0.3) is 0 Å². The summed E-state index contributed by atoms with van der Waals surface area (Å²) in [5.41, 5.74) is 0. The van der Waals surface area contributed by atoms with Gasteiger partial charge in [0.15, 0.2) is 0 Å². The van der Waals surface area contributed by atoms with Crippen LogP contribution in [0, 0.1) is 23.7 Å². The zero-order valence-electron chi connectivity index (χ0n) is 18.1. The number of rotatable bonds is 9. The predicted molar refractivity (Wildman–Crippen MR) is 112 cm³/mol. The summed E-state index contributed by atoms with van der Waals surface area (Å²) >= 11 is 0. The fraction of sp³-hybridized carbons (Fsp3) is 0.952. The molecule has 1 amide bonds. The summed E-state index contributed by atoms with van der Waals surface area (Å²) in [4.78, 5) is 13.6. The van der Waals surface area contributed by atoms with Gasteiger partial charge in [-0.15, -0.1) is 0 Å². The molecule has 0 unspecified atom stereocenters. The molecule has 0 aromatic carbocycles. The van der Waals surface area contributed by atoms with Gasteiger partial charge in [0, 0.05) is 39.4 Å². The summed E-state index contributed by atoms with van der Waals surface area (Å²) in [5, 5.41) is 0. The Kier molecular flexibility index (Phi) is 8.22. The Labute approximate surface area is 176 Å². The van der Waals surface area contributed by atoms with Crippen LogP contribution in [-0.4, -0.2) is 75.5 Å². The second kappa shape index (κ2) is 10.4. The number of nitrogens with zero attached hydrogens (tertiary/aromatic N) is 2. The summed E-state index contributed by atoms with van der Waals surface area (Å²) in [6, 6.07) is 0. The molecule has 0 bridgehead atoms. The molecule has 3 rings (SSSR count). The van der Waals surface area contributed by atoms with Crippen LogP contribution >= 0.6 is 0 Å². The molecule has 0 aromatic rings. The lowest BCUT2D eigenvalue weighted by Gasteiger charge is -2.31. The number of amides is 1. The predicted octanol–water partition coefficient (Wildman–Crippen LogP) is 2.96. The van der Waals surface area contributed by atoms with Crippen molar-refractivity contribution < 1.29 is 22.7 Å². The molecule has 3 fully saturated rings. The molecular weight excluding hydrogens is 392 g/mol. The Morgan fingerprint density at radius 2 is 1.72 bits per heavy atom. The molecule has 168 valence electrons. The Morgan fingerprint density at radius 3 is 2.34 bits per heavy atom. The first-order valence-electron chi connectivity index (χ1n) is 11.4. The van der Waals surface area contributed by atoms with E-state index >= 15 is 0 Å². The molecule has 2 heterocycles. The topological polar surface area (TPSA) is 76.2 Å². The molecule has 0 aromatic heterocycles. The fourth-order valence-corrected chi connectivity index (χ4v) is 6.06. The maximum atomic E-state index is 11.9. The van der Waals surface area contributed by atoms with Crippen LogP contribution in [0.3, 0.4) is 0 Å². The monoisotopic (exact) mass is 430 g/mol. The molecule has 7 nitrogen and oxygen atoms in total. The Bertz CT molecular complexity index is 625. The third-order valence-electron chi connectivity index (χ3n) is 6.97. The smallest absolute Gasteiger partial charge is 0.409 e. The molecule has 8 heteroatoms. The van der Waals surface area contributed by atoms with E-state index < -0.39 is 10.0 Å². The molecule has 2 atom stereocenters. The maximum Gasteiger partial charge on any atom is 0.409 e. The van der Waals surface area contributed by atoms with Gasteiger partial charge in [0.05, 0.1) is 12.4 Å². The van der Waals surface area contributed by atoms with E-state index in [0.29, 0.717) is 25.6 Å². The third-order valence-corrected chi connectivity index (χ3v) is 8.85. The van der Waals surface area contributed by atoms with E-state index in [1.54, 1.807) is 11.2 Å². The molecule has 1 aliphatic carbocycles. The number of piperidine rings is 2. The van der Waals surface area contributed by atoms with Crippen molar-refractivity contribution in [2.45, 2.75) is 52.4 Å². The first-order valence-corrected chi connectivity index (χ1v) is 13.0. The van der Waals surface area contributed by atoms with Gasteiger partial charge in [-0.05, 0) is 76.0 Å². The zero-order chi connectivity index (χ0) is 20.9. The van der Waals surface area contributed by atoms with Gasteiger partial charge in [0.1, 0.15) is 0 Å². The van der Waals surface area contributed by atoms with Crippen LogP contribution in [0.2, 0.25) is 0 Å². The van der Waals surface area contributed by atoms with Crippen molar-refractivity contribution in [3.63, 3.8) is 0 Å². The highest BCUT2D eigenvalue weighted by molar-refractivity contribution is 7.89. The second-order valence-electron chi connectivity index (χ2n) is 8.79. The maximum absolute atomic E-state index is 11.9. The van der Waals surface area contributed by atoms with Gasteiger partial charge in [0.2, 0.25) is 10.0 Å². The Morgan fingerprint density at radius 1 is 1.03 bits per heavy atom. The molecule has 0 spiro atoms. The van der Waals surface area contributed by atoms with Crippen LogP contribution in [0.15, 0.2) is 0 Å². The molecule has 0 radical (unpaired) electrons. The van der Waals surface area contributed by atoms with E-state index in [1.807, 2.05) is 11.8 Å². The van der Waals surface area contributed by atoms with Crippen LogP contribution < -0.4 is 0 Å². The van der Waals surface area contributed by atoms with Crippen LogP contribution in [0.25, 0.3) is 0 Å². The normalized spacial score (nSPS) is 27.2. The van der Waals surface area contributed by atoms with Crippen molar-refractivity contribution in [3.05, 3.63) is 0 Å². The number of likely N-dealkylation sites (tertiary alicyclic amines) is 1. The van der Waals surface area contributed by atoms with Crippen LogP contribution in [-0.2, 0) is 19.5 Å². The summed E-state index contributed by atoms with van der Waals surface area (Å²) in [7, 11) is -3.04. The second-order valence-corrected chi connectivity index (χ2v) is 11.0. The number of carbonyl (C=O) groups excluding carboxylic acids is 1. The highest BCUT2D eigenvalue weighted by Gasteiger charge is 2.43. The van der Waals surface area contributed by atoms with Gasteiger partial charge in [-0.1, -0.05) is 0 Å². The van der Waals surface area contributed by atoms with E-state index in [1.165, 1.54) is 6.42 Å². The molecule has 1 saturated carbocycles. The number of ether oxygens (including phenoxy) is 2. The summed E-state index contributed by atoms with van der Waals surface area (Å²) in [5.74, 6) is 3.02. The van der Waals surface area contributed by atoms with Crippen molar-refractivity contribution in [3.8, 4) is 0 Å². The van der Waals surface area contributed by atoms with E-state index in [4.69, 9.17) is 9.47 Å². The standard InChI is InChI=1S/C21H38N2O5S/c1-3-28-21(24)22-10-7-18(8-11-22)20-15-19(20)9-14-27-16-17-5-12-23(13-6-17)29(25,26)4-2/h17-20H,3-16H2,1-2H3/t19-,20-/m1/s1. The van der Waals surface area contributed by atoms with E-state index in [0.717, 1.165) is 76.2 Å². The largest absolute Gasteiger partial charge is 0.450 e. The van der Waals surface area contributed by atoms with Gasteiger partial charge in [-0.25, -0.2) is 17.5 Å². The molecular formula is C21H38N2O5S. The lowest BCUT2D eigenvalue weighted by molar-refractivity contribution is 0.0730. The lowest BCUT2D eigenvalue weighted by Crippen LogP contribution is -2.40. The lowest BCUT2D eigenvalue weighted by atomic mass is 9.91. The fourth-order valence-electron chi connectivity index (χ4n) is 4.93. The van der Waals surface area contributed by atoms with Crippen molar-refractivity contribution in [2.75, 3.05) is 51.8 Å². The SMILES string of the molecule is CCOC(=O)N1CCC([C@H]2C[C@H]2CCOCC2CCN(S(=O)(=O)CC)CC2)CC1. The van der Waals surface area contributed by atoms with E-state index in [2.05, 4.69) is 0 Å². The molecule has 2 saturated heterocycles. The Hall–Kier alpha value is -0.860. The van der Waals surface area contributed by atoms with E-state index in [9.17, 15) is 13.2 Å². The minimum Gasteiger partial charge on any atom is -0.450 e. The number of carbonyl (C=O) groups is 1. The van der Waals surface area contributed by atoms with Crippen molar-refractivity contribution in [1.29, 1.82) is 0 Å². The minimum absolute atomic E-state index is 0.162. The third kappa shape index (κ3) is 6.31. The van der Waals surface area contributed by atoms with Crippen molar-refractivity contribution in [2.24, 2.45) is 23.7 Å². The van der Waals surface area contributed by atoms with E-state index in [-0.39, 0.29) is 11.8 Å². The van der Waals surface area contributed by atoms with Gasteiger partial charge in [-0.3, -0.25) is 0 Å².